The molecule has 0 saturated carbocycles. The van der Waals surface area contributed by atoms with Crippen LogP contribution in [0.25, 0.3) is 0 Å². The normalized spacial score (nSPS) is 26.8. The summed E-state index contributed by atoms with van der Waals surface area (Å²) in [6.45, 7) is 1.86. The molecule has 0 aliphatic carbocycles. The van der Waals surface area contributed by atoms with Crippen LogP contribution >= 0.6 is 0 Å². The van der Waals surface area contributed by atoms with Gasteiger partial charge in [-0.1, -0.05) is 44.8 Å². The lowest BCUT2D eigenvalue weighted by Crippen LogP contribution is -2.25. The van der Waals surface area contributed by atoms with Crippen molar-refractivity contribution in [1.29, 1.82) is 0 Å². The first kappa shape index (κ1) is 21.1. The molecule has 5 atom stereocenters. The highest BCUT2D eigenvalue weighted by Gasteiger charge is 2.36. The molecule has 0 bridgehead atoms. The summed E-state index contributed by atoms with van der Waals surface area (Å²) in [6.07, 6.45) is 6.93. The molecule has 1 rings (SSSR count). The lowest BCUT2D eigenvalue weighted by molar-refractivity contribution is -0.137. The molecule has 1 heterocycles. The molecule has 1 aliphatic heterocycles. The second kappa shape index (κ2) is 11.6. The zero-order valence-corrected chi connectivity index (χ0v) is 14.5. The largest absolute Gasteiger partial charge is 0.481 e. The van der Waals surface area contributed by atoms with E-state index in [0.29, 0.717) is 19.3 Å². The van der Waals surface area contributed by atoms with E-state index in [1.807, 2.05) is 6.92 Å². The summed E-state index contributed by atoms with van der Waals surface area (Å²) >= 11 is 0. The Kier molecular flexibility index (Phi) is 10.2. The smallest absolute Gasteiger partial charge is 0.303 e. The summed E-state index contributed by atoms with van der Waals surface area (Å²) < 4.78 is 5.75. The molecule has 0 aromatic heterocycles. The Morgan fingerprint density at radius 3 is 2.50 bits per heavy atom. The number of aliphatic hydroxyl groups excluding tert-OH is 3. The summed E-state index contributed by atoms with van der Waals surface area (Å²) in [7, 11) is 0. The first-order valence-corrected chi connectivity index (χ1v) is 9.03. The van der Waals surface area contributed by atoms with E-state index in [0.717, 1.165) is 32.1 Å². The number of carboxylic acid groups (broad SMARTS) is 1. The number of hydrogen-bond acceptors (Lipinski definition) is 5. The van der Waals surface area contributed by atoms with Gasteiger partial charge in [-0.05, 0) is 19.3 Å². The third-order valence-electron chi connectivity index (χ3n) is 4.46. The number of rotatable bonds is 12. The number of aliphatic carboxylic acids is 1. The lowest BCUT2D eigenvalue weighted by Gasteiger charge is -2.17. The van der Waals surface area contributed by atoms with E-state index in [4.69, 9.17) is 9.84 Å². The molecular weight excluding hydrogens is 312 g/mol. The fourth-order valence-electron chi connectivity index (χ4n) is 2.90. The summed E-state index contributed by atoms with van der Waals surface area (Å²) in [6, 6.07) is 0. The Labute approximate surface area is 144 Å². The molecule has 1 fully saturated rings. The molecule has 0 aromatic rings. The van der Waals surface area contributed by atoms with E-state index in [9.17, 15) is 20.1 Å². The molecule has 0 spiro atoms. The van der Waals surface area contributed by atoms with E-state index in [2.05, 4.69) is 0 Å². The van der Waals surface area contributed by atoms with Gasteiger partial charge in [-0.2, -0.15) is 0 Å². The number of ether oxygens (including phenoxy) is 1. The third kappa shape index (κ3) is 8.24. The quantitative estimate of drug-likeness (QED) is 0.319. The Balaban J connectivity index is 2.19. The Morgan fingerprint density at radius 2 is 1.83 bits per heavy atom. The van der Waals surface area contributed by atoms with Crippen LogP contribution in [-0.2, 0) is 9.53 Å². The Bertz CT molecular complexity index is 384. The van der Waals surface area contributed by atoms with Crippen molar-refractivity contribution in [2.75, 3.05) is 0 Å². The van der Waals surface area contributed by atoms with Crippen molar-refractivity contribution in [2.24, 2.45) is 0 Å². The van der Waals surface area contributed by atoms with Crippen LogP contribution in [0, 0.1) is 0 Å². The van der Waals surface area contributed by atoms with E-state index in [1.54, 1.807) is 6.08 Å². The summed E-state index contributed by atoms with van der Waals surface area (Å²) in [5.74, 6) is -0.748. The maximum atomic E-state index is 10.4. The molecular formula is C18H32O6. The van der Waals surface area contributed by atoms with Crippen LogP contribution in [0.2, 0.25) is 0 Å². The lowest BCUT2D eigenvalue weighted by atomic mass is 10.0. The van der Waals surface area contributed by atoms with Crippen LogP contribution < -0.4 is 0 Å². The van der Waals surface area contributed by atoms with Crippen LogP contribution in [0.4, 0.5) is 0 Å². The van der Waals surface area contributed by atoms with Crippen molar-refractivity contribution < 1.29 is 30.0 Å². The van der Waals surface area contributed by atoms with Crippen LogP contribution in [0.1, 0.15) is 64.7 Å². The fourth-order valence-corrected chi connectivity index (χ4v) is 2.90. The van der Waals surface area contributed by atoms with Gasteiger partial charge < -0.3 is 25.2 Å². The highest BCUT2D eigenvalue weighted by Crippen LogP contribution is 2.27. The van der Waals surface area contributed by atoms with Crippen molar-refractivity contribution >= 4 is 5.97 Å². The number of hydrogen-bond donors (Lipinski definition) is 4. The van der Waals surface area contributed by atoms with Crippen LogP contribution in [0.5, 0.6) is 0 Å². The number of unbranched alkanes of at least 4 members (excludes halogenated alkanes) is 4. The monoisotopic (exact) mass is 344 g/mol. The molecule has 1 saturated heterocycles. The van der Waals surface area contributed by atoms with Crippen LogP contribution in [0.3, 0.4) is 0 Å². The van der Waals surface area contributed by atoms with Gasteiger partial charge in [0, 0.05) is 12.8 Å². The average molecular weight is 344 g/mol. The number of aliphatic hydroxyl groups is 3. The van der Waals surface area contributed by atoms with Gasteiger partial charge in [0.25, 0.3) is 0 Å². The minimum absolute atomic E-state index is 0.226. The Hall–Kier alpha value is -0.950. The minimum Gasteiger partial charge on any atom is -0.481 e. The molecule has 0 aromatic carbocycles. The molecule has 0 unspecified atom stereocenters. The molecule has 0 radical (unpaired) electrons. The van der Waals surface area contributed by atoms with E-state index < -0.39 is 30.4 Å². The second-order valence-electron chi connectivity index (χ2n) is 6.57. The molecule has 6 heteroatoms. The van der Waals surface area contributed by atoms with Crippen molar-refractivity contribution in [1.82, 2.24) is 0 Å². The van der Waals surface area contributed by atoms with Gasteiger partial charge in [0.05, 0.1) is 30.5 Å². The molecule has 1 aliphatic rings. The van der Waals surface area contributed by atoms with Gasteiger partial charge in [-0.3, -0.25) is 4.79 Å². The third-order valence-corrected chi connectivity index (χ3v) is 4.46. The van der Waals surface area contributed by atoms with E-state index >= 15 is 0 Å². The highest BCUT2D eigenvalue weighted by atomic mass is 16.5. The zero-order chi connectivity index (χ0) is 17.9. The van der Waals surface area contributed by atoms with Crippen molar-refractivity contribution in [3.05, 3.63) is 12.2 Å². The Morgan fingerprint density at radius 1 is 1.17 bits per heavy atom. The topological polar surface area (TPSA) is 107 Å². The summed E-state index contributed by atoms with van der Waals surface area (Å²) in [5, 5.41) is 38.1. The minimum atomic E-state index is -0.818. The zero-order valence-electron chi connectivity index (χ0n) is 14.5. The second-order valence-corrected chi connectivity index (χ2v) is 6.57. The molecule has 6 nitrogen and oxygen atoms in total. The maximum absolute atomic E-state index is 10.4. The predicted molar refractivity (Wildman–Crippen MR) is 90.7 cm³/mol. The first-order chi connectivity index (χ1) is 11.4. The van der Waals surface area contributed by atoms with Crippen LogP contribution in [0.15, 0.2) is 12.2 Å². The van der Waals surface area contributed by atoms with Gasteiger partial charge in [-0.25, -0.2) is 0 Å². The predicted octanol–water partition coefficient (Wildman–Crippen LogP) is 2.01. The molecule has 4 N–H and O–H groups in total. The first-order valence-electron chi connectivity index (χ1n) is 9.03. The van der Waals surface area contributed by atoms with Gasteiger partial charge >= 0.3 is 5.97 Å². The standard InChI is InChI=1S/C18H32O6/c1-2-13(19)10-11-14(20)17-12-15(21)16(24-17)8-6-4-3-5-7-9-18(22)23/h10-11,13-17,19-21H,2-9,12H2,1H3,(H,22,23)/b11-10+/t13-,14-,15-,16+,17-/m1/s1. The van der Waals surface area contributed by atoms with Gasteiger partial charge in [0.1, 0.15) is 0 Å². The van der Waals surface area contributed by atoms with Gasteiger partial charge in [0.2, 0.25) is 0 Å². The number of carboxylic acids is 1. The average Bonchev–Trinajstić information content (AvgIpc) is 2.92. The van der Waals surface area contributed by atoms with Crippen LogP contribution in [-0.4, -0.2) is 56.9 Å². The van der Waals surface area contributed by atoms with Crippen molar-refractivity contribution in [3.8, 4) is 0 Å². The molecule has 24 heavy (non-hydrogen) atoms. The van der Waals surface area contributed by atoms with E-state index in [1.165, 1.54) is 6.08 Å². The summed E-state index contributed by atoms with van der Waals surface area (Å²) in [5.41, 5.74) is 0. The molecule has 140 valence electrons. The van der Waals surface area contributed by atoms with Crippen molar-refractivity contribution in [2.45, 2.75) is 95.2 Å². The molecule has 0 amide bonds. The number of carbonyl (C=O) groups is 1. The van der Waals surface area contributed by atoms with Gasteiger partial charge in [0.15, 0.2) is 0 Å². The van der Waals surface area contributed by atoms with E-state index in [-0.39, 0.29) is 12.5 Å². The maximum Gasteiger partial charge on any atom is 0.303 e. The fraction of sp³-hybridized carbons (Fsp3) is 0.833. The highest BCUT2D eigenvalue weighted by molar-refractivity contribution is 5.66. The van der Waals surface area contributed by atoms with Crippen molar-refractivity contribution in [3.63, 3.8) is 0 Å². The summed E-state index contributed by atoms with van der Waals surface area (Å²) in [4.78, 5) is 10.4. The van der Waals surface area contributed by atoms with Gasteiger partial charge in [-0.15, -0.1) is 0 Å². The SMILES string of the molecule is CC[C@@H](O)/C=C/[C@@H](O)[C@H]1C[C@@H](O)[C@H](CCCCCCCC(=O)O)O1.